The van der Waals surface area contributed by atoms with Crippen LogP contribution >= 0.6 is 27.5 Å². The van der Waals surface area contributed by atoms with Crippen LogP contribution in [0, 0.1) is 5.92 Å². The average Bonchev–Trinajstić information content (AvgIpc) is 3.01. The van der Waals surface area contributed by atoms with E-state index < -0.39 is 7.05 Å². The third-order valence-electron chi connectivity index (χ3n) is 7.48. The molecule has 0 bridgehead atoms. The van der Waals surface area contributed by atoms with Crippen molar-refractivity contribution in [1.82, 2.24) is 20.0 Å². The van der Waals surface area contributed by atoms with Crippen molar-refractivity contribution in [1.29, 1.82) is 0 Å². The quantitative estimate of drug-likeness (QED) is 0.446. The van der Waals surface area contributed by atoms with Crippen LogP contribution in [0.1, 0.15) is 61.5 Å². The summed E-state index contributed by atoms with van der Waals surface area (Å²) in [7, 11) is -0.621. The van der Waals surface area contributed by atoms with E-state index in [1.54, 1.807) is 6.82 Å². The number of benzene rings is 1. The minimum absolute atomic E-state index is 0.0403. The first-order valence-electron chi connectivity index (χ1n) is 13.2. The van der Waals surface area contributed by atoms with Crippen LogP contribution in [0.5, 0.6) is 0 Å². The highest BCUT2D eigenvalue weighted by atomic mass is 79.9. The summed E-state index contributed by atoms with van der Waals surface area (Å²) >= 11 is 10.0. The van der Waals surface area contributed by atoms with Crippen molar-refractivity contribution in [2.24, 2.45) is 5.92 Å². The van der Waals surface area contributed by atoms with Crippen molar-refractivity contribution in [3.8, 4) is 0 Å². The number of unbranched alkanes of at least 4 members (excludes halogenated alkanes) is 1. The molecule has 2 aliphatic rings. The number of rotatable bonds is 8. The van der Waals surface area contributed by atoms with Gasteiger partial charge in [-0.15, -0.1) is 0 Å². The van der Waals surface area contributed by atoms with Crippen molar-refractivity contribution < 1.29 is 9.82 Å². The maximum atomic E-state index is 13.4. The monoisotopic (exact) mass is 574 g/mol. The van der Waals surface area contributed by atoms with Crippen LogP contribution in [0.15, 0.2) is 34.9 Å². The molecular formula is C27H37BBrClN4O2. The number of pyridine rings is 1. The zero-order valence-electron chi connectivity index (χ0n) is 21.5. The number of fused-ring (bicyclic) bond motifs is 2. The fraction of sp³-hybridized carbons (Fsp3) is 0.556. The number of piperazine rings is 1. The second kappa shape index (κ2) is 12.4. The second-order valence-electron chi connectivity index (χ2n) is 10.3. The number of aromatic nitrogens is 1. The first kappa shape index (κ1) is 27.6. The molecule has 1 aromatic carbocycles. The molecule has 2 unspecified atom stereocenters. The summed E-state index contributed by atoms with van der Waals surface area (Å²) in [6, 6.07) is 8.66. The molecule has 194 valence electrons. The minimum Gasteiger partial charge on any atom is -0.437 e. The van der Waals surface area contributed by atoms with E-state index in [0.29, 0.717) is 13.1 Å². The number of carbonyl (C=O) groups is 1. The van der Waals surface area contributed by atoms with Gasteiger partial charge in [-0.05, 0) is 83.4 Å². The fourth-order valence-electron chi connectivity index (χ4n) is 5.59. The molecule has 1 aliphatic carbocycles. The highest BCUT2D eigenvalue weighted by molar-refractivity contribution is 9.10. The number of hydrogen-bond donors (Lipinski definition) is 2. The molecule has 0 radical (unpaired) electrons. The third kappa shape index (κ3) is 6.33. The highest BCUT2D eigenvalue weighted by Crippen LogP contribution is 2.39. The third-order valence-corrected chi connectivity index (χ3v) is 8.15. The maximum Gasteiger partial charge on any atom is 0.373 e. The number of hydrogen-bond acceptors (Lipinski definition) is 5. The Morgan fingerprint density at radius 2 is 2.08 bits per heavy atom. The maximum absolute atomic E-state index is 13.4. The molecule has 2 N–H and O–H groups in total. The molecule has 36 heavy (non-hydrogen) atoms. The Labute approximate surface area is 229 Å². The smallest absolute Gasteiger partial charge is 0.373 e. The van der Waals surface area contributed by atoms with Crippen LogP contribution in [0.25, 0.3) is 0 Å². The number of amides is 1. The highest BCUT2D eigenvalue weighted by Gasteiger charge is 2.38. The molecule has 3 atom stereocenters. The lowest BCUT2D eigenvalue weighted by atomic mass is 9.88. The standard InChI is InChI=1S/C27H37BBrClN4O2/c1-4-5-6-23-17-33(11-12-34(23)27(35)18(2)15-32-28(3)36)26-24-10-9-22(30)14-19(24)7-8-20-13-21(29)16-31-25(20)26/h9-10,13-14,16,18,23,26,32,36H,4-8,11-12,15,17H2,1-3H3/t18-,23?,26?/m0/s1. The minimum atomic E-state index is -0.621. The molecule has 2 heterocycles. The molecule has 1 aromatic heterocycles. The van der Waals surface area contributed by atoms with Crippen molar-refractivity contribution in [3.05, 3.63) is 62.3 Å². The van der Waals surface area contributed by atoms with Gasteiger partial charge in [0.1, 0.15) is 0 Å². The van der Waals surface area contributed by atoms with Gasteiger partial charge in [0.05, 0.1) is 11.7 Å². The van der Waals surface area contributed by atoms with E-state index in [2.05, 4.69) is 56.1 Å². The predicted octanol–water partition coefficient (Wildman–Crippen LogP) is 4.72. The molecule has 1 fully saturated rings. The van der Waals surface area contributed by atoms with Crippen LogP contribution < -0.4 is 5.23 Å². The van der Waals surface area contributed by atoms with Gasteiger partial charge < -0.3 is 15.2 Å². The Bertz CT molecular complexity index is 1020. The Morgan fingerprint density at radius 1 is 1.31 bits per heavy atom. The van der Waals surface area contributed by atoms with E-state index >= 15 is 0 Å². The first-order chi connectivity index (χ1) is 17.3. The van der Waals surface area contributed by atoms with Gasteiger partial charge in [-0.3, -0.25) is 14.7 Å². The van der Waals surface area contributed by atoms with Crippen LogP contribution in [-0.4, -0.2) is 65.0 Å². The lowest BCUT2D eigenvalue weighted by molar-refractivity contribution is -0.140. The van der Waals surface area contributed by atoms with Crippen molar-refractivity contribution in [3.63, 3.8) is 0 Å². The molecule has 0 saturated carbocycles. The van der Waals surface area contributed by atoms with E-state index in [4.69, 9.17) is 16.6 Å². The Morgan fingerprint density at radius 3 is 2.83 bits per heavy atom. The molecule has 1 aliphatic heterocycles. The lowest BCUT2D eigenvalue weighted by Gasteiger charge is -2.45. The Kier molecular flexibility index (Phi) is 9.50. The molecule has 4 rings (SSSR count). The molecule has 0 spiro atoms. The van der Waals surface area contributed by atoms with Gasteiger partial charge in [0.25, 0.3) is 0 Å². The van der Waals surface area contributed by atoms with Gasteiger partial charge in [-0.1, -0.05) is 44.4 Å². The number of aryl methyl sites for hydroxylation is 2. The van der Waals surface area contributed by atoms with Gasteiger partial charge >= 0.3 is 7.05 Å². The fourth-order valence-corrected chi connectivity index (χ4v) is 6.16. The topological polar surface area (TPSA) is 68.7 Å². The van der Waals surface area contributed by atoms with Gasteiger partial charge in [-0.25, -0.2) is 0 Å². The van der Waals surface area contributed by atoms with Gasteiger partial charge in [0, 0.05) is 47.3 Å². The first-order valence-corrected chi connectivity index (χ1v) is 14.3. The zero-order valence-corrected chi connectivity index (χ0v) is 23.9. The Balaban J connectivity index is 1.64. The van der Waals surface area contributed by atoms with E-state index in [1.807, 2.05) is 19.2 Å². The predicted molar refractivity (Wildman–Crippen MR) is 150 cm³/mol. The summed E-state index contributed by atoms with van der Waals surface area (Å²) in [6.07, 6.45) is 6.93. The second-order valence-corrected chi connectivity index (χ2v) is 11.6. The van der Waals surface area contributed by atoms with Gasteiger partial charge in [-0.2, -0.15) is 0 Å². The van der Waals surface area contributed by atoms with E-state index in [1.165, 1.54) is 16.7 Å². The van der Waals surface area contributed by atoms with Crippen molar-refractivity contribution in [2.45, 2.75) is 64.9 Å². The molecule has 6 nitrogen and oxygen atoms in total. The van der Waals surface area contributed by atoms with E-state index in [0.717, 1.165) is 60.4 Å². The van der Waals surface area contributed by atoms with Crippen LogP contribution in [0.2, 0.25) is 11.8 Å². The van der Waals surface area contributed by atoms with Crippen LogP contribution in [-0.2, 0) is 17.6 Å². The zero-order chi connectivity index (χ0) is 25.8. The van der Waals surface area contributed by atoms with E-state index in [-0.39, 0.29) is 23.9 Å². The summed E-state index contributed by atoms with van der Waals surface area (Å²) in [5, 5.41) is 13.4. The SMILES string of the molecule is CCCCC1CN(C2c3ccc(Cl)cc3CCc3cc(Br)cnc32)CCN1C(=O)[C@@H](C)CNB(C)O. The summed E-state index contributed by atoms with van der Waals surface area (Å²) in [5.74, 6) is -0.0184. The summed E-state index contributed by atoms with van der Waals surface area (Å²) in [5.41, 5.74) is 4.94. The number of carbonyl (C=O) groups excluding carboxylic acids is 1. The molecule has 1 saturated heterocycles. The van der Waals surface area contributed by atoms with Gasteiger partial charge in [0.15, 0.2) is 0 Å². The molecular weight excluding hydrogens is 538 g/mol. The summed E-state index contributed by atoms with van der Waals surface area (Å²) < 4.78 is 1.00. The van der Waals surface area contributed by atoms with Crippen LogP contribution in [0.3, 0.4) is 0 Å². The number of halogens is 2. The molecule has 1 amide bonds. The van der Waals surface area contributed by atoms with Gasteiger partial charge in [0.2, 0.25) is 5.91 Å². The average molecular weight is 576 g/mol. The van der Waals surface area contributed by atoms with E-state index in [9.17, 15) is 9.82 Å². The summed E-state index contributed by atoms with van der Waals surface area (Å²) in [4.78, 5) is 23.0. The lowest BCUT2D eigenvalue weighted by Crippen LogP contribution is -2.57. The largest absolute Gasteiger partial charge is 0.437 e. The van der Waals surface area contributed by atoms with Crippen molar-refractivity contribution in [2.75, 3.05) is 26.2 Å². The molecule has 9 heteroatoms. The Hall–Kier alpha value is -1.45. The van der Waals surface area contributed by atoms with Crippen molar-refractivity contribution >= 4 is 40.5 Å². The number of nitrogens with one attached hydrogen (secondary N) is 1. The summed E-state index contributed by atoms with van der Waals surface area (Å²) in [6.45, 7) is 8.59. The number of nitrogens with zero attached hydrogens (tertiary/aromatic N) is 3. The normalized spacial score (nSPS) is 20.9. The molecule has 2 aromatic rings. The van der Waals surface area contributed by atoms with Crippen LogP contribution in [0.4, 0.5) is 0 Å².